The molecule has 0 radical (unpaired) electrons. The first-order valence-electron chi connectivity index (χ1n) is 12.4. The molecule has 4 aromatic heterocycles. The number of aromatic nitrogens is 6. The van der Waals surface area contributed by atoms with Crippen LogP contribution in [0, 0.1) is 5.82 Å². The van der Waals surface area contributed by atoms with E-state index in [1.807, 2.05) is 0 Å². The second kappa shape index (κ2) is 10.5. The normalized spacial score (nSPS) is 12.0. The molecule has 1 amide bonds. The lowest BCUT2D eigenvalue weighted by Gasteiger charge is -2.15. The van der Waals surface area contributed by atoms with Gasteiger partial charge in [-0.15, -0.1) is 0 Å². The van der Waals surface area contributed by atoms with Crippen LogP contribution in [0.5, 0.6) is 0 Å². The number of ether oxygens (including phenoxy) is 1. The Morgan fingerprint density at radius 1 is 1.24 bits per heavy atom. The highest BCUT2D eigenvalue weighted by Crippen LogP contribution is 2.29. The minimum atomic E-state index is -1.24. The van der Waals surface area contributed by atoms with Crippen LogP contribution in [0.15, 0.2) is 47.4 Å². The molecular weight excluding hydrogens is 505 g/mol. The summed E-state index contributed by atoms with van der Waals surface area (Å²) < 4.78 is 28.0. The van der Waals surface area contributed by atoms with Gasteiger partial charge in [-0.25, -0.2) is 14.4 Å². The highest BCUT2D eigenvalue weighted by Gasteiger charge is 2.21. The average molecular weight is 536 g/mol. The summed E-state index contributed by atoms with van der Waals surface area (Å²) in [6.07, 6.45) is 5.38. The summed E-state index contributed by atoms with van der Waals surface area (Å²) in [5.41, 5.74) is 3.81. The first kappa shape index (κ1) is 25.7. The van der Waals surface area contributed by atoms with E-state index in [0.717, 1.165) is 17.1 Å². The molecule has 5 rings (SSSR count). The van der Waals surface area contributed by atoms with Crippen molar-refractivity contribution in [3.05, 3.63) is 60.0 Å². The molecule has 5 aromatic rings. The number of carbonyl (C=O) groups excluding carboxylic acids is 1. The SMILES string of the molecule is Cn1nc(-c2cnc3c(n2)c(C(=O)NCCc2ccon2)cn3COCC[Si](C)(C)C)c2ccc(F)cc21. The van der Waals surface area contributed by atoms with Crippen LogP contribution in [0.25, 0.3) is 33.5 Å². The fourth-order valence-electron chi connectivity index (χ4n) is 4.16. The summed E-state index contributed by atoms with van der Waals surface area (Å²) >= 11 is 0. The van der Waals surface area contributed by atoms with E-state index in [1.165, 1.54) is 18.4 Å². The number of carbonyl (C=O) groups is 1. The number of benzene rings is 1. The zero-order chi connectivity index (χ0) is 26.9. The molecule has 0 aliphatic carbocycles. The fourth-order valence-corrected chi connectivity index (χ4v) is 4.91. The lowest BCUT2D eigenvalue weighted by Crippen LogP contribution is -2.25. The van der Waals surface area contributed by atoms with Crippen LogP contribution in [0.3, 0.4) is 0 Å². The van der Waals surface area contributed by atoms with Crippen molar-refractivity contribution in [2.45, 2.75) is 38.8 Å². The van der Waals surface area contributed by atoms with Gasteiger partial charge in [0.25, 0.3) is 5.91 Å². The Balaban J connectivity index is 1.47. The van der Waals surface area contributed by atoms with Gasteiger partial charge in [0.1, 0.15) is 35.7 Å². The maximum atomic E-state index is 13.8. The summed E-state index contributed by atoms with van der Waals surface area (Å²) in [5, 5.41) is 12.1. The molecule has 10 nitrogen and oxygen atoms in total. The van der Waals surface area contributed by atoms with Crippen molar-refractivity contribution in [2.24, 2.45) is 7.05 Å². The third-order valence-electron chi connectivity index (χ3n) is 6.25. The summed E-state index contributed by atoms with van der Waals surface area (Å²) in [7, 11) is 0.510. The zero-order valence-corrected chi connectivity index (χ0v) is 22.9. The first-order chi connectivity index (χ1) is 18.2. The largest absolute Gasteiger partial charge is 0.365 e. The topological polar surface area (TPSA) is 113 Å². The quantitative estimate of drug-likeness (QED) is 0.208. The molecule has 38 heavy (non-hydrogen) atoms. The molecule has 1 N–H and O–H groups in total. The Morgan fingerprint density at radius 2 is 2.08 bits per heavy atom. The number of rotatable bonds is 10. The summed E-state index contributed by atoms with van der Waals surface area (Å²) in [6, 6.07) is 7.29. The van der Waals surface area contributed by atoms with Crippen molar-refractivity contribution in [3.63, 3.8) is 0 Å². The predicted octanol–water partition coefficient (Wildman–Crippen LogP) is 4.40. The Kier molecular flexibility index (Phi) is 7.08. The van der Waals surface area contributed by atoms with Crippen LogP contribution < -0.4 is 5.32 Å². The monoisotopic (exact) mass is 535 g/mol. The van der Waals surface area contributed by atoms with E-state index in [-0.39, 0.29) is 18.5 Å². The Labute approximate surface area is 219 Å². The van der Waals surface area contributed by atoms with Crippen molar-refractivity contribution in [3.8, 4) is 11.4 Å². The van der Waals surface area contributed by atoms with Gasteiger partial charge in [-0.1, -0.05) is 24.8 Å². The van der Waals surface area contributed by atoms with Gasteiger partial charge >= 0.3 is 0 Å². The maximum Gasteiger partial charge on any atom is 0.255 e. The molecule has 4 heterocycles. The van der Waals surface area contributed by atoms with E-state index in [4.69, 9.17) is 14.2 Å². The van der Waals surface area contributed by atoms with Crippen LogP contribution >= 0.6 is 0 Å². The van der Waals surface area contributed by atoms with E-state index in [2.05, 4.69) is 40.2 Å². The first-order valence-corrected chi connectivity index (χ1v) is 16.1. The van der Waals surface area contributed by atoms with E-state index < -0.39 is 8.07 Å². The lowest BCUT2D eigenvalue weighted by molar-refractivity contribution is 0.0892. The minimum absolute atomic E-state index is 0.257. The van der Waals surface area contributed by atoms with Gasteiger partial charge < -0.3 is 19.1 Å². The second-order valence-corrected chi connectivity index (χ2v) is 16.0. The van der Waals surface area contributed by atoms with Crippen LogP contribution in [-0.4, -0.2) is 56.6 Å². The minimum Gasteiger partial charge on any atom is -0.365 e. The molecule has 0 fully saturated rings. The molecule has 0 aliphatic rings. The smallest absolute Gasteiger partial charge is 0.255 e. The van der Waals surface area contributed by atoms with Crippen molar-refractivity contribution >= 4 is 36.0 Å². The van der Waals surface area contributed by atoms with E-state index in [0.29, 0.717) is 53.2 Å². The summed E-state index contributed by atoms with van der Waals surface area (Å²) in [4.78, 5) is 22.7. The second-order valence-electron chi connectivity index (χ2n) is 10.4. The van der Waals surface area contributed by atoms with Gasteiger partial charge in [-0.3, -0.25) is 9.48 Å². The van der Waals surface area contributed by atoms with Crippen LogP contribution in [0.1, 0.15) is 16.1 Å². The van der Waals surface area contributed by atoms with E-state index >= 15 is 0 Å². The Morgan fingerprint density at radius 3 is 2.84 bits per heavy atom. The third kappa shape index (κ3) is 5.50. The number of amides is 1. The molecule has 0 saturated heterocycles. The summed E-state index contributed by atoms with van der Waals surface area (Å²) in [6.45, 7) is 8.17. The number of nitrogens with zero attached hydrogens (tertiary/aromatic N) is 6. The molecule has 0 bridgehead atoms. The number of hydrogen-bond acceptors (Lipinski definition) is 7. The Hall–Kier alpha value is -3.90. The number of aryl methyl sites for hydroxylation is 1. The molecule has 1 aromatic carbocycles. The highest BCUT2D eigenvalue weighted by atomic mass is 28.3. The predicted molar refractivity (Wildman–Crippen MR) is 144 cm³/mol. The van der Waals surface area contributed by atoms with E-state index in [9.17, 15) is 9.18 Å². The van der Waals surface area contributed by atoms with Crippen LogP contribution in [0.4, 0.5) is 4.39 Å². The molecule has 0 aliphatic heterocycles. The molecule has 0 spiro atoms. The van der Waals surface area contributed by atoms with Gasteiger partial charge in [0.2, 0.25) is 0 Å². The molecule has 0 saturated carbocycles. The number of fused-ring (bicyclic) bond motifs is 2. The van der Waals surface area contributed by atoms with Gasteiger partial charge in [0.15, 0.2) is 5.65 Å². The molecule has 198 valence electrons. The van der Waals surface area contributed by atoms with Gasteiger partial charge in [-0.2, -0.15) is 5.10 Å². The Bertz CT molecular complexity index is 1590. The maximum absolute atomic E-state index is 13.8. The lowest BCUT2D eigenvalue weighted by atomic mass is 10.1. The molecule has 0 atom stereocenters. The molecular formula is C26H30FN7O3Si. The third-order valence-corrected chi connectivity index (χ3v) is 7.95. The zero-order valence-electron chi connectivity index (χ0n) is 21.9. The number of hydrogen-bond donors (Lipinski definition) is 1. The van der Waals surface area contributed by atoms with E-state index in [1.54, 1.807) is 40.8 Å². The fraction of sp³-hybridized carbons (Fsp3) is 0.346. The van der Waals surface area contributed by atoms with Gasteiger partial charge in [0.05, 0.1) is 23.0 Å². The van der Waals surface area contributed by atoms with Crippen molar-refractivity contribution in [1.29, 1.82) is 0 Å². The van der Waals surface area contributed by atoms with Crippen molar-refractivity contribution < 1.29 is 18.4 Å². The average Bonchev–Trinajstić information content (AvgIpc) is 3.59. The van der Waals surface area contributed by atoms with Crippen molar-refractivity contribution in [2.75, 3.05) is 13.2 Å². The highest BCUT2D eigenvalue weighted by molar-refractivity contribution is 6.76. The van der Waals surface area contributed by atoms with Gasteiger partial charge in [0, 0.05) is 52.3 Å². The molecule has 12 heteroatoms. The number of halogens is 1. The van der Waals surface area contributed by atoms with Crippen LogP contribution in [-0.2, 0) is 24.9 Å². The van der Waals surface area contributed by atoms with Gasteiger partial charge in [-0.05, 0) is 24.2 Å². The number of nitrogens with one attached hydrogen (secondary N) is 1. The van der Waals surface area contributed by atoms with Crippen molar-refractivity contribution in [1.82, 2.24) is 34.8 Å². The molecule has 0 unspecified atom stereocenters. The van der Waals surface area contributed by atoms with Crippen LogP contribution in [0.2, 0.25) is 25.7 Å². The summed E-state index contributed by atoms with van der Waals surface area (Å²) in [5.74, 6) is -0.622. The standard InChI is InChI=1S/C26H30FN7O3Si/c1-33-22-13-17(27)5-6-19(22)23(31-33)21-14-29-25-24(30-21)20(15-34(25)16-36-11-12-38(2,3)4)26(35)28-9-7-18-8-10-37-32-18/h5-6,8,10,13-15H,7,9,11-12,16H2,1-4H3,(H,28,35).